The van der Waals surface area contributed by atoms with Crippen LogP contribution in [0.25, 0.3) is 0 Å². The van der Waals surface area contributed by atoms with Crippen molar-refractivity contribution < 1.29 is 19.1 Å². The molecule has 1 N–H and O–H groups in total. The van der Waals surface area contributed by atoms with Gasteiger partial charge in [-0.15, -0.1) is 5.10 Å². The first-order valence-electron chi connectivity index (χ1n) is 9.39. The molecule has 1 amide bonds. The Labute approximate surface area is 165 Å². The van der Waals surface area contributed by atoms with Gasteiger partial charge in [0.2, 0.25) is 0 Å². The van der Waals surface area contributed by atoms with Crippen molar-refractivity contribution >= 4 is 23.2 Å². The van der Waals surface area contributed by atoms with Gasteiger partial charge in [-0.2, -0.15) is 0 Å². The van der Waals surface area contributed by atoms with E-state index in [0.29, 0.717) is 49.7 Å². The molecule has 1 aliphatic carbocycles. The molecule has 2 saturated heterocycles. The Bertz CT molecular complexity index is 1010. The molecule has 3 heterocycles. The minimum Gasteiger partial charge on any atom is -0.442 e. The van der Waals surface area contributed by atoms with Crippen LogP contribution in [0.5, 0.6) is 0 Å². The first kappa shape index (κ1) is 17.7. The van der Waals surface area contributed by atoms with Gasteiger partial charge in [0.15, 0.2) is 0 Å². The number of oxime groups is 1. The molecule has 10 heteroatoms. The topological polar surface area (TPSA) is 96.1 Å². The molecule has 9 nitrogen and oxygen atoms in total. The predicted octanol–water partition coefficient (Wildman–Crippen LogP) is 2.04. The van der Waals surface area contributed by atoms with Crippen LogP contribution in [0.2, 0.25) is 0 Å². The number of carbonyl (C=O) groups is 1. The number of nitrogens with zero attached hydrogens (tertiary/aromatic N) is 6. The van der Waals surface area contributed by atoms with E-state index in [4.69, 9.17) is 9.94 Å². The normalized spacial score (nSPS) is 24.9. The average molecular weight is 398 g/mol. The largest absolute Gasteiger partial charge is 0.442 e. The number of amides is 1. The summed E-state index contributed by atoms with van der Waals surface area (Å²) < 4.78 is 21.8. The van der Waals surface area contributed by atoms with E-state index in [1.165, 1.54) is 11.0 Å². The smallest absolute Gasteiger partial charge is 0.414 e. The van der Waals surface area contributed by atoms with E-state index in [-0.39, 0.29) is 17.8 Å². The third-order valence-electron chi connectivity index (χ3n) is 5.59. The Kier molecular flexibility index (Phi) is 4.18. The number of benzene rings is 1. The Morgan fingerprint density at radius 1 is 1.34 bits per heavy atom. The fraction of sp³-hybridized carbons (Fsp3) is 0.368. The van der Waals surface area contributed by atoms with Crippen LogP contribution in [0.3, 0.4) is 0 Å². The zero-order chi connectivity index (χ0) is 20.0. The first-order chi connectivity index (χ1) is 14.1. The molecule has 1 unspecified atom stereocenters. The zero-order valence-electron chi connectivity index (χ0n) is 15.5. The molecule has 150 valence electrons. The lowest BCUT2D eigenvalue weighted by atomic mass is 10.1. The molecule has 0 spiro atoms. The van der Waals surface area contributed by atoms with E-state index < -0.39 is 6.09 Å². The second-order valence-corrected chi connectivity index (χ2v) is 7.47. The average Bonchev–Trinajstić information content (AvgIpc) is 3.46. The maximum absolute atomic E-state index is 14.9. The summed E-state index contributed by atoms with van der Waals surface area (Å²) in [6, 6.07) is 4.81. The number of anilines is 2. The van der Waals surface area contributed by atoms with Crippen molar-refractivity contribution in [1.29, 1.82) is 0 Å². The first-order valence-corrected chi connectivity index (χ1v) is 9.39. The van der Waals surface area contributed by atoms with Gasteiger partial charge in [0.25, 0.3) is 0 Å². The highest BCUT2D eigenvalue weighted by Crippen LogP contribution is 2.36. The minimum atomic E-state index is -0.501. The molecular formula is C19H19FN6O3. The summed E-state index contributed by atoms with van der Waals surface area (Å²) in [6.45, 7) is 1.99. The van der Waals surface area contributed by atoms with Crippen molar-refractivity contribution in [2.75, 3.05) is 29.4 Å². The summed E-state index contributed by atoms with van der Waals surface area (Å²) in [7, 11) is 0. The van der Waals surface area contributed by atoms with Crippen LogP contribution >= 0.6 is 0 Å². The van der Waals surface area contributed by atoms with Gasteiger partial charge in [0, 0.05) is 31.6 Å². The number of halogens is 1. The Hall–Kier alpha value is -3.43. The maximum atomic E-state index is 14.9. The summed E-state index contributed by atoms with van der Waals surface area (Å²) in [5.41, 5.74) is 2.79. The lowest BCUT2D eigenvalue weighted by Gasteiger charge is -2.21. The molecule has 29 heavy (non-hydrogen) atoms. The number of hydrogen-bond acceptors (Lipinski definition) is 7. The van der Waals surface area contributed by atoms with Gasteiger partial charge in [0.05, 0.1) is 36.4 Å². The maximum Gasteiger partial charge on any atom is 0.414 e. The molecule has 0 bridgehead atoms. The van der Waals surface area contributed by atoms with Crippen LogP contribution in [-0.4, -0.2) is 57.7 Å². The Balaban J connectivity index is 1.30. The molecule has 5 rings (SSSR count). The number of aromatic nitrogens is 3. The standard InChI is InChI=1S/C19H19FN6O3/c20-17-7-15(26-11-16(29-19(26)27)10-25-4-3-21-23-25)1-2-18(17)24-8-12-5-14(22-28)6-13(12)9-24/h1-5,7,13,16,28H,6,8-11H2/t13?,16-/m0/s1. The quantitative estimate of drug-likeness (QED) is 0.626. The second kappa shape index (κ2) is 6.87. The van der Waals surface area contributed by atoms with E-state index in [9.17, 15) is 9.18 Å². The van der Waals surface area contributed by atoms with Crippen molar-refractivity contribution in [3.05, 3.63) is 48.1 Å². The van der Waals surface area contributed by atoms with E-state index in [0.717, 1.165) is 5.57 Å². The van der Waals surface area contributed by atoms with Crippen molar-refractivity contribution in [3.63, 3.8) is 0 Å². The molecule has 3 aliphatic rings. The fourth-order valence-electron chi connectivity index (χ4n) is 4.22. The van der Waals surface area contributed by atoms with Crippen molar-refractivity contribution in [3.8, 4) is 0 Å². The van der Waals surface area contributed by atoms with Crippen LogP contribution in [0, 0.1) is 11.7 Å². The number of rotatable bonds is 4. The van der Waals surface area contributed by atoms with Crippen molar-refractivity contribution in [2.24, 2.45) is 11.1 Å². The third kappa shape index (κ3) is 3.20. The summed E-state index contributed by atoms with van der Waals surface area (Å²) in [6.07, 6.45) is 4.93. The zero-order valence-corrected chi connectivity index (χ0v) is 15.5. The summed E-state index contributed by atoms with van der Waals surface area (Å²) in [4.78, 5) is 15.6. The van der Waals surface area contributed by atoms with Gasteiger partial charge in [-0.25, -0.2) is 13.9 Å². The SMILES string of the molecule is O=C1O[C@@H](Cn2ccnn2)CN1c1ccc(N2CC3=CC(=NO)CC3C2)c(F)c1. The van der Waals surface area contributed by atoms with Gasteiger partial charge < -0.3 is 14.8 Å². The summed E-state index contributed by atoms with van der Waals surface area (Å²) in [5.74, 6) is -0.127. The van der Waals surface area contributed by atoms with Gasteiger partial charge in [-0.05, 0) is 29.8 Å². The van der Waals surface area contributed by atoms with E-state index >= 15 is 0 Å². The number of hydrogen-bond donors (Lipinski definition) is 1. The lowest BCUT2D eigenvalue weighted by Crippen LogP contribution is -2.26. The molecular weight excluding hydrogens is 379 g/mol. The van der Waals surface area contributed by atoms with Gasteiger partial charge >= 0.3 is 6.09 Å². The van der Waals surface area contributed by atoms with E-state index in [1.807, 2.05) is 11.0 Å². The molecule has 2 fully saturated rings. The minimum absolute atomic E-state index is 0.256. The number of allylic oxidation sites excluding steroid dienone is 1. The lowest BCUT2D eigenvalue weighted by molar-refractivity contribution is 0.129. The van der Waals surface area contributed by atoms with E-state index in [1.54, 1.807) is 29.2 Å². The molecule has 2 atom stereocenters. The van der Waals surface area contributed by atoms with Gasteiger partial charge in [-0.1, -0.05) is 10.4 Å². The Morgan fingerprint density at radius 2 is 2.24 bits per heavy atom. The number of carbonyl (C=O) groups excluding carboxylic acids is 1. The second-order valence-electron chi connectivity index (χ2n) is 7.47. The monoisotopic (exact) mass is 398 g/mol. The van der Waals surface area contributed by atoms with Crippen LogP contribution < -0.4 is 9.80 Å². The molecule has 1 aromatic heterocycles. The Morgan fingerprint density at radius 3 is 2.97 bits per heavy atom. The van der Waals surface area contributed by atoms with Crippen molar-refractivity contribution in [1.82, 2.24) is 15.0 Å². The highest BCUT2D eigenvalue weighted by Gasteiger charge is 2.35. The predicted molar refractivity (Wildman–Crippen MR) is 102 cm³/mol. The van der Waals surface area contributed by atoms with Crippen LogP contribution in [-0.2, 0) is 11.3 Å². The van der Waals surface area contributed by atoms with E-state index in [2.05, 4.69) is 15.5 Å². The molecule has 1 aromatic carbocycles. The van der Waals surface area contributed by atoms with Crippen LogP contribution in [0.4, 0.5) is 20.6 Å². The molecule has 2 aromatic rings. The number of ether oxygens (including phenoxy) is 1. The number of cyclic esters (lactones) is 1. The summed E-state index contributed by atoms with van der Waals surface area (Å²) in [5, 5.41) is 19.8. The highest BCUT2D eigenvalue weighted by molar-refractivity contribution is 5.98. The van der Waals surface area contributed by atoms with Crippen molar-refractivity contribution in [2.45, 2.75) is 19.1 Å². The van der Waals surface area contributed by atoms with Crippen LogP contribution in [0.15, 0.2) is 47.4 Å². The van der Waals surface area contributed by atoms with Gasteiger partial charge in [-0.3, -0.25) is 4.90 Å². The molecule has 0 radical (unpaired) electrons. The molecule has 2 aliphatic heterocycles. The highest BCUT2D eigenvalue weighted by atomic mass is 19.1. The third-order valence-corrected chi connectivity index (χ3v) is 5.59. The summed E-state index contributed by atoms with van der Waals surface area (Å²) >= 11 is 0. The number of fused-ring (bicyclic) bond motifs is 1. The van der Waals surface area contributed by atoms with Gasteiger partial charge in [0.1, 0.15) is 11.9 Å². The van der Waals surface area contributed by atoms with Crippen LogP contribution in [0.1, 0.15) is 6.42 Å². The fourth-order valence-corrected chi connectivity index (χ4v) is 4.22. The molecule has 0 saturated carbocycles.